The molecule has 0 aliphatic carbocycles. The van der Waals surface area contributed by atoms with Crippen LogP contribution in [0.25, 0.3) is 0 Å². The molecule has 1 aromatic carbocycles. The molecule has 2 N–H and O–H groups in total. The molecule has 1 saturated heterocycles. The number of nitrogens with zero attached hydrogens (tertiary/aromatic N) is 1. The van der Waals surface area contributed by atoms with Gasteiger partial charge in [-0.15, -0.1) is 0 Å². The van der Waals surface area contributed by atoms with Gasteiger partial charge in [-0.2, -0.15) is 13.2 Å². The van der Waals surface area contributed by atoms with Crippen molar-refractivity contribution in [2.45, 2.75) is 25.1 Å². The van der Waals surface area contributed by atoms with E-state index in [4.69, 9.17) is 10.5 Å². The number of carbonyl (C=O) groups excluding carboxylic acids is 1. The Morgan fingerprint density at radius 3 is 2.59 bits per heavy atom. The van der Waals surface area contributed by atoms with E-state index >= 15 is 0 Å². The number of nitrogens with two attached hydrogens (primary N) is 1. The number of hydrogen-bond acceptors (Lipinski definition) is 3. The number of hydrogen-bond donors (Lipinski definition) is 1. The van der Waals surface area contributed by atoms with E-state index in [9.17, 15) is 18.0 Å². The molecule has 1 amide bonds. The summed E-state index contributed by atoms with van der Waals surface area (Å²) in [6.45, 7) is 2.43. The average Bonchev–Trinajstić information content (AvgIpc) is 2.47. The zero-order valence-electron chi connectivity index (χ0n) is 12.1. The van der Waals surface area contributed by atoms with Crippen LogP contribution in [-0.2, 0) is 22.1 Å². The minimum Gasteiger partial charge on any atom is -0.367 e. The van der Waals surface area contributed by atoms with Crippen molar-refractivity contribution in [3.05, 3.63) is 35.4 Å². The SMILES string of the molecule is NC(=O)[C@@H]1CN(CCCc2ccc(C(F)(F)F)cc2)CCO1. The van der Waals surface area contributed by atoms with E-state index < -0.39 is 23.8 Å². The largest absolute Gasteiger partial charge is 0.416 e. The number of amides is 1. The van der Waals surface area contributed by atoms with Gasteiger partial charge in [0, 0.05) is 13.1 Å². The first-order chi connectivity index (χ1) is 10.4. The van der Waals surface area contributed by atoms with Crippen LogP contribution in [0.3, 0.4) is 0 Å². The molecule has 122 valence electrons. The van der Waals surface area contributed by atoms with Crippen LogP contribution in [0.1, 0.15) is 17.5 Å². The molecule has 1 heterocycles. The molecule has 0 unspecified atom stereocenters. The minimum absolute atomic E-state index is 0.465. The second kappa shape index (κ2) is 7.11. The lowest BCUT2D eigenvalue weighted by molar-refractivity contribution is -0.137. The van der Waals surface area contributed by atoms with Crippen LogP contribution >= 0.6 is 0 Å². The van der Waals surface area contributed by atoms with Gasteiger partial charge >= 0.3 is 6.18 Å². The summed E-state index contributed by atoms with van der Waals surface area (Å²) in [5, 5.41) is 0. The fourth-order valence-electron chi connectivity index (χ4n) is 2.44. The second-order valence-electron chi connectivity index (χ2n) is 5.36. The van der Waals surface area contributed by atoms with Crippen molar-refractivity contribution in [3.8, 4) is 0 Å². The Bertz CT molecular complexity index is 503. The van der Waals surface area contributed by atoms with Crippen molar-refractivity contribution in [3.63, 3.8) is 0 Å². The Morgan fingerprint density at radius 2 is 2.00 bits per heavy atom. The molecule has 1 aliphatic heterocycles. The molecule has 22 heavy (non-hydrogen) atoms. The number of halogens is 3. The van der Waals surface area contributed by atoms with Crippen molar-refractivity contribution >= 4 is 5.91 Å². The molecule has 0 aromatic heterocycles. The average molecular weight is 316 g/mol. The summed E-state index contributed by atoms with van der Waals surface area (Å²) in [6, 6.07) is 5.23. The highest BCUT2D eigenvalue weighted by molar-refractivity contribution is 5.79. The smallest absolute Gasteiger partial charge is 0.367 e. The number of aryl methyl sites for hydroxylation is 1. The molecule has 0 spiro atoms. The number of primary amides is 1. The van der Waals surface area contributed by atoms with Gasteiger partial charge in [0.2, 0.25) is 5.91 Å². The van der Waals surface area contributed by atoms with E-state index in [-0.39, 0.29) is 0 Å². The van der Waals surface area contributed by atoms with Crippen molar-refractivity contribution in [1.29, 1.82) is 0 Å². The van der Waals surface area contributed by atoms with E-state index in [0.717, 1.165) is 37.2 Å². The van der Waals surface area contributed by atoms with Gasteiger partial charge in [0.25, 0.3) is 0 Å². The van der Waals surface area contributed by atoms with Crippen LogP contribution in [0.2, 0.25) is 0 Å². The Balaban J connectivity index is 1.78. The van der Waals surface area contributed by atoms with E-state index in [0.29, 0.717) is 19.6 Å². The summed E-state index contributed by atoms with van der Waals surface area (Å²) in [5.74, 6) is -0.465. The number of benzene rings is 1. The van der Waals surface area contributed by atoms with Crippen molar-refractivity contribution in [2.24, 2.45) is 5.73 Å². The second-order valence-corrected chi connectivity index (χ2v) is 5.36. The molecule has 1 aliphatic rings. The van der Waals surface area contributed by atoms with Crippen LogP contribution in [0.4, 0.5) is 13.2 Å². The summed E-state index contributed by atoms with van der Waals surface area (Å²) in [6.07, 6.45) is -3.37. The van der Waals surface area contributed by atoms with Gasteiger partial charge in [0.05, 0.1) is 12.2 Å². The molecule has 1 fully saturated rings. The lowest BCUT2D eigenvalue weighted by Crippen LogP contribution is -2.48. The third kappa shape index (κ3) is 4.71. The lowest BCUT2D eigenvalue weighted by atomic mass is 10.1. The van der Waals surface area contributed by atoms with Gasteiger partial charge in [0.15, 0.2) is 0 Å². The fraction of sp³-hybridized carbons (Fsp3) is 0.533. The maximum atomic E-state index is 12.5. The van der Waals surface area contributed by atoms with Crippen molar-refractivity contribution in [2.75, 3.05) is 26.2 Å². The monoisotopic (exact) mass is 316 g/mol. The van der Waals surface area contributed by atoms with E-state index in [1.165, 1.54) is 12.1 Å². The molecule has 2 rings (SSSR count). The van der Waals surface area contributed by atoms with Gasteiger partial charge < -0.3 is 10.5 Å². The van der Waals surface area contributed by atoms with Crippen LogP contribution in [0, 0.1) is 0 Å². The summed E-state index contributed by atoms with van der Waals surface area (Å²) in [7, 11) is 0. The Morgan fingerprint density at radius 1 is 1.32 bits per heavy atom. The number of alkyl halides is 3. The third-order valence-corrected chi connectivity index (χ3v) is 3.69. The molecule has 0 bridgehead atoms. The van der Waals surface area contributed by atoms with Gasteiger partial charge in [-0.1, -0.05) is 12.1 Å². The van der Waals surface area contributed by atoms with Crippen LogP contribution < -0.4 is 5.73 Å². The molecular formula is C15H19F3N2O2. The van der Waals surface area contributed by atoms with Gasteiger partial charge in [-0.05, 0) is 37.1 Å². The predicted octanol–water partition coefficient (Wildman–Crippen LogP) is 1.82. The van der Waals surface area contributed by atoms with E-state index in [2.05, 4.69) is 4.90 Å². The van der Waals surface area contributed by atoms with Crippen LogP contribution in [-0.4, -0.2) is 43.2 Å². The Labute approximate surface area is 127 Å². The molecule has 0 radical (unpaired) electrons. The Hall–Kier alpha value is -1.60. The topological polar surface area (TPSA) is 55.6 Å². The molecular weight excluding hydrogens is 297 g/mol. The first-order valence-electron chi connectivity index (χ1n) is 7.15. The first kappa shape index (κ1) is 16.8. The third-order valence-electron chi connectivity index (χ3n) is 3.69. The number of rotatable bonds is 5. The predicted molar refractivity (Wildman–Crippen MR) is 75.1 cm³/mol. The van der Waals surface area contributed by atoms with Crippen molar-refractivity contribution < 1.29 is 22.7 Å². The highest BCUT2D eigenvalue weighted by Gasteiger charge is 2.30. The van der Waals surface area contributed by atoms with Crippen LogP contribution in [0.15, 0.2) is 24.3 Å². The van der Waals surface area contributed by atoms with Gasteiger partial charge in [-0.25, -0.2) is 0 Å². The first-order valence-corrected chi connectivity index (χ1v) is 7.15. The number of carbonyl (C=O) groups is 1. The molecule has 7 heteroatoms. The van der Waals surface area contributed by atoms with Crippen LogP contribution in [0.5, 0.6) is 0 Å². The molecule has 1 atom stereocenters. The maximum Gasteiger partial charge on any atom is 0.416 e. The summed E-state index contributed by atoms with van der Waals surface area (Å²) in [5.41, 5.74) is 5.45. The highest BCUT2D eigenvalue weighted by Crippen LogP contribution is 2.29. The summed E-state index contributed by atoms with van der Waals surface area (Å²) in [4.78, 5) is 13.2. The quantitative estimate of drug-likeness (QED) is 0.901. The standard InChI is InChI=1S/C15H19F3N2O2/c16-15(17,18)12-5-3-11(4-6-12)2-1-7-20-8-9-22-13(10-20)14(19)21/h3-6,13H,1-2,7-10H2,(H2,19,21)/t13-/m0/s1. The summed E-state index contributed by atoms with van der Waals surface area (Å²) >= 11 is 0. The highest BCUT2D eigenvalue weighted by atomic mass is 19.4. The molecule has 0 saturated carbocycles. The normalized spacial score (nSPS) is 20.0. The van der Waals surface area contributed by atoms with Gasteiger partial charge in [-0.3, -0.25) is 9.69 Å². The maximum absolute atomic E-state index is 12.5. The zero-order valence-corrected chi connectivity index (χ0v) is 12.1. The number of ether oxygens (including phenoxy) is 1. The fourth-order valence-corrected chi connectivity index (χ4v) is 2.44. The molecule has 1 aromatic rings. The molecule has 4 nitrogen and oxygen atoms in total. The van der Waals surface area contributed by atoms with E-state index in [1.807, 2.05) is 0 Å². The zero-order chi connectivity index (χ0) is 16.2. The van der Waals surface area contributed by atoms with E-state index in [1.54, 1.807) is 0 Å². The summed E-state index contributed by atoms with van der Waals surface area (Å²) < 4.78 is 42.6. The van der Waals surface area contributed by atoms with Crippen molar-refractivity contribution in [1.82, 2.24) is 4.90 Å². The van der Waals surface area contributed by atoms with Gasteiger partial charge in [0.1, 0.15) is 6.10 Å². The minimum atomic E-state index is -4.30. The lowest BCUT2D eigenvalue weighted by Gasteiger charge is -2.31. The number of morpholine rings is 1. The Kier molecular flexibility index (Phi) is 5.42.